The molecule has 2 aliphatic heterocycles. The number of cyclic esters (lactones) is 1. The number of esters is 1. The fourth-order valence-corrected chi connectivity index (χ4v) is 12.0. The van der Waals surface area contributed by atoms with Crippen LogP contribution >= 0.6 is 0 Å². The maximum atomic E-state index is 14.0. The van der Waals surface area contributed by atoms with E-state index in [4.69, 9.17) is 9.15 Å². The molecule has 4 saturated carbocycles. The van der Waals surface area contributed by atoms with Crippen LogP contribution in [0.1, 0.15) is 85.9 Å². The van der Waals surface area contributed by atoms with Crippen LogP contribution in [0, 0.1) is 34.5 Å². The Balaban J connectivity index is 0.977. The van der Waals surface area contributed by atoms with E-state index in [9.17, 15) is 39.6 Å². The Labute approximate surface area is 317 Å². The second kappa shape index (κ2) is 12.5. The summed E-state index contributed by atoms with van der Waals surface area (Å²) in [6.07, 6.45) is 6.68. The number of aromatic hydroxyl groups is 1. The molecule has 9 atom stereocenters. The SMILES string of the molecule is C[C@]12CC[C@@H](NC(=O)c3ccc(C(=O)O)c(-c4c5ccc(=O)cc-5oc5cc(O)ccc45)c3)C[C@H]1CC[C@@H]1[C@@H]2C[C@@H](O)[C@]2(C)[C@@H](C3=CC(=O)OC3)CC[C@]12O. The number of aliphatic hydroxyl groups excluding tert-OH is 1. The van der Waals surface area contributed by atoms with Crippen LogP contribution in [0.25, 0.3) is 33.4 Å². The zero-order valence-electron chi connectivity index (χ0n) is 30.8. The molecule has 5 N–H and O–H groups in total. The normalized spacial score (nSPS) is 34.0. The second-order valence-electron chi connectivity index (χ2n) is 17.2. The van der Waals surface area contributed by atoms with Gasteiger partial charge in [0.25, 0.3) is 5.91 Å². The summed E-state index contributed by atoms with van der Waals surface area (Å²) < 4.78 is 11.2. The molecule has 0 spiro atoms. The van der Waals surface area contributed by atoms with Gasteiger partial charge in [0.15, 0.2) is 5.43 Å². The maximum Gasteiger partial charge on any atom is 0.336 e. The first-order valence-corrected chi connectivity index (χ1v) is 19.4. The molecular weight excluding hydrogens is 702 g/mol. The molecule has 0 saturated heterocycles. The van der Waals surface area contributed by atoms with Crippen molar-refractivity contribution in [2.75, 3.05) is 6.61 Å². The summed E-state index contributed by atoms with van der Waals surface area (Å²) in [5.74, 6) is -1.42. The summed E-state index contributed by atoms with van der Waals surface area (Å²) in [5.41, 5.74) is 0.363. The van der Waals surface area contributed by atoms with Gasteiger partial charge in [-0.1, -0.05) is 13.8 Å². The first-order chi connectivity index (χ1) is 26.2. The molecule has 4 fully saturated rings. The molecule has 2 aromatic carbocycles. The summed E-state index contributed by atoms with van der Waals surface area (Å²) in [6, 6.07) is 13.2. The molecule has 7 aliphatic rings. The summed E-state index contributed by atoms with van der Waals surface area (Å²) in [7, 11) is 0. The second-order valence-corrected chi connectivity index (χ2v) is 17.2. The fourth-order valence-electron chi connectivity index (χ4n) is 12.0. The highest BCUT2D eigenvalue weighted by atomic mass is 16.5. The van der Waals surface area contributed by atoms with Gasteiger partial charge in [0.05, 0.1) is 17.3 Å². The summed E-state index contributed by atoms with van der Waals surface area (Å²) in [6.45, 7) is 4.53. The minimum absolute atomic E-state index is 0.0187. The third-order valence-electron chi connectivity index (χ3n) is 14.9. The lowest BCUT2D eigenvalue weighted by atomic mass is 9.42. The Bertz CT molecular complexity index is 2350. The van der Waals surface area contributed by atoms with Gasteiger partial charge in [-0.25, -0.2) is 9.59 Å². The van der Waals surface area contributed by atoms with E-state index < -0.39 is 23.1 Å². The van der Waals surface area contributed by atoms with Gasteiger partial charge in [0.2, 0.25) is 0 Å². The van der Waals surface area contributed by atoms with Crippen LogP contribution in [0.5, 0.6) is 5.75 Å². The van der Waals surface area contributed by atoms with E-state index in [-0.39, 0.29) is 92.8 Å². The average Bonchev–Trinajstić information content (AvgIpc) is 3.70. The van der Waals surface area contributed by atoms with Crippen LogP contribution in [0.2, 0.25) is 0 Å². The Hall–Kier alpha value is -5.00. The highest BCUT2D eigenvalue weighted by Crippen LogP contribution is 2.70. The zero-order chi connectivity index (χ0) is 38.6. The lowest BCUT2D eigenvalue weighted by Crippen LogP contribution is -2.67. The number of carbonyl (C=O) groups is 3. The number of amides is 1. The van der Waals surface area contributed by atoms with Crippen molar-refractivity contribution in [3.63, 3.8) is 0 Å². The number of carboxylic acid groups (broad SMARTS) is 1. The molecule has 11 heteroatoms. The topological polar surface area (TPSA) is 184 Å². The zero-order valence-corrected chi connectivity index (χ0v) is 30.8. The number of nitrogens with one attached hydrogen (secondary N) is 1. The predicted molar refractivity (Wildman–Crippen MR) is 202 cm³/mol. The van der Waals surface area contributed by atoms with E-state index in [1.54, 1.807) is 24.3 Å². The van der Waals surface area contributed by atoms with Crippen LogP contribution in [0.15, 0.2) is 75.5 Å². The number of fused-ring (bicyclic) bond motifs is 7. The van der Waals surface area contributed by atoms with Gasteiger partial charge in [-0.15, -0.1) is 0 Å². The third-order valence-corrected chi connectivity index (χ3v) is 14.9. The summed E-state index contributed by atoms with van der Waals surface area (Å²) in [5, 5.41) is 48.7. The number of aromatic carboxylic acids is 1. The van der Waals surface area contributed by atoms with Crippen molar-refractivity contribution in [1.82, 2.24) is 5.32 Å². The number of benzene rings is 3. The van der Waals surface area contributed by atoms with Crippen molar-refractivity contribution in [2.24, 2.45) is 34.5 Å². The Kier molecular flexibility index (Phi) is 8.12. The molecular formula is C44H45NO10. The molecule has 0 radical (unpaired) electrons. The summed E-state index contributed by atoms with van der Waals surface area (Å²) in [4.78, 5) is 50.8. The molecule has 55 heavy (non-hydrogen) atoms. The van der Waals surface area contributed by atoms with Gasteiger partial charge in [0, 0.05) is 51.7 Å². The van der Waals surface area contributed by atoms with E-state index in [1.165, 1.54) is 36.4 Å². The van der Waals surface area contributed by atoms with Crippen LogP contribution in [-0.2, 0) is 9.53 Å². The van der Waals surface area contributed by atoms with Gasteiger partial charge < -0.3 is 34.9 Å². The van der Waals surface area contributed by atoms with Crippen molar-refractivity contribution >= 4 is 28.8 Å². The molecule has 0 unspecified atom stereocenters. The number of carbonyl (C=O) groups excluding carboxylic acids is 2. The number of phenolic OH excluding ortho intramolecular Hbond substituents is 1. The molecule has 2 heterocycles. The van der Waals surface area contributed by atoms with Gasteiger partial charge in [-0.2, -0.15) is 0 Å². The summed E-state index contributed by atoms with van der Waals surface area (Å²) >= 11 is 0. The average molecular weight is 748 g/mol. The highest BCUT2D eigenvalue weighted by molar-refractivity contribution is 6.09. The Morgan fingerprint density at radius 3 is 2.47 bits per heavy atom. The minimum Gasteiger partial charge on any atom is -0.508 e. The van der Waals surface area contributed by atoms with Crippen LogP contribution < -0.4 is 10.7 Å². The van der Waals surface area contributed by atoms with Crippen molar-refractivity contribution in [1.29, 1.82) is 0 Å². The molecule has 0 aromatic heterocycles. The Morgan fingerprint density at radius 1 is 0.891 bits per heavy atom. The number of phenols is 1. The Morgan fingerprint density at radius 2 is 1.71 bits per heavy atom. The van der Waals surface area contributed by atoms with Crippen LogP contribution in [0.4, 0.5) is 0 Å². The maximum absolute atomic E-state index is 14.0. The van der Waals surface area contributed by atoms with E-state index in [2.05, 4.69) is 12.2 Å². The smallest absolute Gasteiger partial charge is 0.336 e. The van der Waals surface area contributed by atoms with Gasteiger partial charge in [-0.05, 0) is 134 Å². The number of rotatable bonds is 5. The molecule has 286 valence electrons. The first-order valence-electron chi connectivity index (χ1n) is 19.4. The van der Waals surface area contributed by atoms with Crippen molar-refractivity contribution in [3.05, 3.63) is 87.6 Å². The van der Waals surface area contributed by atoms with Gasteiger partial charge in [0.1, 0.15) is 23.7 Å². The van der Waals surface area contributed by atoms with Crippen molar-refractivity contribution < 1.29 is 44.0 Å². The van der Waals surface area contributed by atoms with Crippen molar-refractivity contribution in [2.45, 2.75) is 83.0 Å². The van der Waals surface area contributed by atoms with E-state index in [0.29, 0.717) is 35.8 Å². The number of hydrogen-bond acceptors (Lipinski definition) is 9. The third kappa shape index (κ3) is 5.29. The predicted octanol–water partition coefficient (Wildman–Crippen LogP) is 6.29. The number of carboxylic acids is 1. The van der Waals surface area contributed by atoms with Gasteiger partial charge >= 0.3 is 11.9 Å². The molecule has 0 bridgehead atoms. The minimum atomic E-state index is -1.18. The fraction of sp³-hybridized carbons (Fsp3) is 0.455. The van der Waals surface area contributed by atoms with Crippen LogP contribution in [0.3, 0.4) is 0 Å². The van der Waals surface area contributed by atoms with Crippen molar-refractivity contribution in [3.8, 4) is 28.2 Å². The largest absolute Gasteiger partial charge is 0.508 e. The highest BCUT2D eigenvalue weighted by Gasteiger charge is 2.70. The van der Waals surface area contributed by atoms with E-state index in [0.717, 1.165) is 37.7 Å². The van der Waals surface area contributed by atoms with E-state index >= 15 is 0 Å². The number of ether oxygens (including phenoxy) is 1. The number of aliphatic hydroxyl groups is 2. The van der Waals surface area contributed by atoms with Crippen LogP contribution in [-0.4, -0.2) is 62.6 Å². The standard InChI is InChI=1S/C44H45NO10/c1-42-13-11-25(17-24(42)4-10-33-34(42)20-37(48)43(2)32(12-14-44(33,43)53)23-16-38(49)54-21-23)45-40(50)22-3-7-28(41(51)52)31(15-22)39-29-8-5-26(46)18-35(29)55-36-19-27(47)6-9-30(36)39/h3,5-9,15-16,18-19,24-25,32-34,37,46,48,53H,4,10-14,17,20-21H2,1-2H3,(H,45,50)(H,51,52)/t24-,25-,32-,33-,34+,37-,42+,43+,44+/m1/s1. The molecule has 11 nitrogen and oxygen atoms in total. The molecule has 9 rings (SSSR count). The first kappa shape index (κ1) is 35.7. The molecule has 1 amide bonds. The van der Waals surface area contributed by atoms with E-state index in [1.807, 2.05) is 6.92 Å². The van der Waals surface area contributed by atoms with Gasteiger partial charge in [-0.3, -0.25) is 9.59 Å². The lowest BCUT2D eigenvalue weighted by molar-refractivity contribution is -0.242. The quantitative estimate of drug-likeness (QED) is 0.115. The molecule has 2 aromatic rings. The lowest BCUT2D eigenvalue weighted by Gasteiger charge is -2.65. The molecule has 5 aliphatic carbocycles. The number of hydrogen-bond donors (Lipinski definition) is 5. The monoisotopic (exact) mass is 747 g/mol.